The van der Waals surface area contributed by atoms with E-state index < -0.39 is 9.84 Å². The Labute approximate surface area is 146 Å². The normalized spacial score (nSPS) is 19.2. The Bertz CT molecular complexity index is 835. The van der Waals surface area contributed by atoms with E-state index in [2.05, 4.69) is 15.5 Å². The van der Waals surface area contributed by atoms with Crippen LogP contribution in [0.25, 0.3) is 11.5 Å². The van der Waals surface area contributed by atoms with Gasteiger partial charge < -0.3 is 9.73 Å². The number of carbonyl (C=O) groups is 1. The van der Waals surface area contributed by atoms with Gasteiger partial charge in [0.15, 0.2) is 9.84 Å². The Kier molecular flexibility index (Phi) is 5.14. The molecule has 1 saturated heterocycles. The minimum absolute atomic E-state index is 0.108. The van der Waals surface area contributed by atoms with Crippen LogP contribution in [0.3, 0.4) is 0 Å². The van der Waals surface area contributed by atoms with Crippen LogP contribution < -0.4 is 5.32 Å². The van der Waals surface area contributed by atoms with E-state index in [0.29, 0.717) is 18.2 Å². The Hall–Kier alpha value is -2.26. The molecule has 0 bridgehead atoms. The number of nitrogens with one attached hydrogen (secondary N) is 1. The van der Waals surface area contributed by atoms with Crippen molar-refractivity contribution in [3.05, 3.63) is 36.2 Å². The zero-order chi connectivity index (χ0) is 17.9. The number of rotatable bonds is 6. The maximum Gasteiger partial charge on any atom is 0.247 e. The van der Waals surface area contributed by atoms with Crippen molar-refractivity contribution >= 4 is 15.7 Å². The van der Waals surface area contributed by atoms with Gasteiger partial charge in [-0.3, -0.25) is 9.69 Å². The van der Waals surface area contributed by atoms with Gasteiger partial charge in [0.25, 0.3) is 0 Å². The predicted octanol–water partition coefficient (Wildman–Crippen LogP) is 0.472. The summed E-state index contributed by atoms with van der Waals surface area (Å²) in [7, 11) is -1.21. The first-order valence-electron chi connectivity index (χ1n) is 7.98. The third kappa shape index (κ3) is 4.64. The third-order valence-electron chi connectivity index (χ3n) is 4.15. The van der Waals surface area contributed by atoms with Crippen molar-refractivity contribution in [2.75, 3.05) is 25.1 Å². The summed E-state index contributed by atoms with van der Waals surface area (Å²) in [4.78, 5) is 13.8. The van der Waals surface area contributed by atoms with Gasteiger partial charge in [-0.1, -0.05) is 18.2 Å². The highest BCUT2D eigenvalue weighted by Crippen LogP contribution is 2.17. The van der Waals surface area contributed by atoms with E-state index >= 15 is 0 Å². The molecule has 1 unspecified atom stereocenters. The summed E-state index contributed by atoms with van der Waals surface area (Å²) in [6, 6.07) is 9.26. The van der Waals surface area contributed by atoms with Gasteiger partial charge in [0.2, 0.25) is 17.7 Å². The smallest absolute Gasteiger partial charge is 0.247 e. The number of benzene rings is 1. The Morgan fingerprint density at radius 1 is 1.32 bits per heavy atom. The zero-order valence-electron chi connectivity index (χ0n) is 13.9. The summed E-state index contributed by atoms with van der Waals surface area (Å²) in [6.45, 7) is 0.259. The van der Waals surface area contributed by atoms with Gasteiger partial charge in [-0.15, -0.1) is 10.2 Å². The van der Waals surface area contributed by atoms with Crippen LogP contribution in [0.5, 0.6) is 0 Å². The van der Waals surface area contributed by atoms with Gasteiger partial charge >= 0.3 is 0 Å². The number of likely N-dealkylation sites (N-methyl/N-ethyl adjacent to an activating group) is 1. The summed E-state index contributed by atoms with van der Waals surface area (Å²) in [5.41, 5.74) is 0.815. The summed E-state index contributed by atoms with van der Waals surface area (Å²) < 4.78 is 28.5. The van der Waals surface area contributed by atoms with Gasteiger partial charge in [0.1, 0.15) is 0 Å². The molecule has 1 atom stereocenters. The second kappa shape index (κ2) is 7.32. The SMILES string of the molecule is CN(CC(=O)NCc1nnc(-c2ccccc2)o1)C1CCS(=O)(=O)C1. The van der Waals surface area contributed by atoms with Crippen LogP contribution in [0.4, 0.5) is 0 Å². The first-order chi connectivity index (χ1) is 11.9. The van der Waals surface area contributed by atoms with Crippen LogP contribution in [0.1, 0.15) is 12.3 Å². The minimum atomic E-state index is -2.96. The molecule has 8 nitrogen and oxygen atoms in total. The maximum atomic E-state index is 12.0. The Morgan fingerprint density at radius 3 is 2.76 bits per heavy atom. The second-order valence-corrected chi connectivity index (χ2v) is 8.34. The first-order valence-corrected chi connectivity index (χ1v) is 9.80. The minimum Gasteiger partial charge on any atom is -0.419 e. The number of sulfone groups is 1. The zero-order valence-corrected chi connectivity index (χ0v) is 14.7. The lowest BCUT2D eigenvalue weighted by molar-refractivity contribution is -0.122. The van der Waals surface area contributed by atoms with Crippen molar-refractivity contribution in [3.8, 4) is 11.5 Å². The van der Waals surface area contributed by atoms with Crippen molar-refractivity contribution in [2.24, 2.45) is 0 Å². The Balaban J connectivity index is 1.49. The number of carbonyl (C=O) groups excluding carboxylic acids is 1. The third-order valence-corrected chi connectivity index (χ3v) is 5.90. The average molecular weight is 364 g/mol. The fourth-order valence-electron chi connectivity index (χ4n) is 2.73. The molecule has 1 aliphatic rings. The lowest BCUT2D eigenvalue weighted by atomic mass is 10.2. The molecule has 2 aromatic rings. The molecule has 1 fully saturated rings. The van der Waals surface area contributed by atoms with E-state index in [1.54, 1.807) is 11.9 Å². The van der Waals surface area contributed by atoms with Crippen LogP contribution >= 0.6 is 0 Å². The predicted molar refractivity (Wildman–Crippen MR) is 91.3 cm³/mol. The van der Waals surface area contributed by atoms with Crippen molar-refractivity contribution in [2.45, 2.75) is 19.0 Å². The molecule has 1 aromatic carbocycles. The highest BCUT2D eigenvalue weighted by Gasteiger charge is 2.31. The van der Waals surface area contributed by atoms with E-state index in [1.165, 1.54) is 0 Å². The molecular formula is C16H20N4O4S. The number of hydrogen-bond donors (Lipinski definition) is 1. The molecule has 1 aromatic heterocycles. The monoisotopic (exact) mass is 364 g/mol. The standard InChI is InChI=1S/C16H20N4O4S/c1-20(13-7-8-25(22,23)11-13)10-14(21)17-9-15-18-19-16(24-15)12-5-3-2-4-6-12/h2-6,13H,7-11H2,1H3,(H,17,21). The first kappa shape index (κ1) is 17.6. The number of aromatic nitrogens is 2. The van der Waals surface area contributed by atoms with E-state index in [-0.39, 0.29) is 36.5 Å². The molecule has 25 heavy (non-hydrogen) atoms. The van der Waals surface area contributed by atoms with Crippen LogP contribution in [0.15, 0.2) is 34.7 Å². The van der Waals surface area contributed by atoms with E-state index in [4.69, 9.17) is 4.42 Å². The van der Waals surface area contributed by atoms with Gasteiger partial charge in [-0.05, 0) is 25.6 Å². The molecule has 9 heteroatoms. The van der Waals surface area contributed by atoms with Gasteiger partial charge in [0.05, 0.1) is 24.6 Å². The molecule has 0 saturated carbocycles. The van der Waals surface area contributed by atoms with Crippen molar-refractivity contribution in [1.82, 2.24) is 20.4 Å². The second-order valence-electron chi connectivity index (χ2n) is 6.12. The van der Waals surface area contributed by atoms with Gasteiger partial charge in [-0.2, -0.15) is 0 Å². The number of hydrogen-bond acceptors (Lipinski definition) is 7. The molecule has 0 aliphatic carbocycles. The highest BCUT2D eigenvalue weighted by molar-refractivity contribution is 7.91. The van der Waals surface area contributed by atoms with Crippen LogP contribution in [-0.2, 0) is 21.2 Å². The van der Waals surface area contributed by atoms with Gasteiger partial charge in [0, 0.05) is 11.6 Å². The Morgan fingerprint density at radius 2 is 2.08 bits per heavy atom. The number of nitrogens with zero attached hydrogens (tertiary/aromatic N) is 3. The maximum absolute atomic E-state index is 12.0. The highest BCUT2D eigenvalue weighted by atomic mass is 32.2. The molecule has 0 radical (unpaired) electrons. The summed E-state index contributed by atoms with van der Waals surface area (Å²) in [5, 5.41) is 10.6. The lowest BCUT2D eigenvalue weighted by Gasteiger charge is -2.21. The van der Waals surface area contributed by atoms with Crippen LogP contribution in [0, 0.1) is 0 Å². The fourth-order valence-corrected chi connectivity index (χ4v) is 4.54. The molecule has 1 N–H and O–H groups in total. The van der Waals surface area contributed by atoms with Crippen molar-refractivity contribution in [3.63, 3.8) is 0 Å². The average Bonchev–Trinajstić information content (AvgIpc) is 3.20. The van der Waals surface area contributed by atoms with Gasteiger partial charge in [-0.25, -0.2) is 8.42 Å². The fraction of sp³-hybridized carbons (Fsp3) is 0.438. The molecule has 134 valence electrons. The molecule has 1 aliphatic heterocycles. The van der Waals surface area contributed by atoms with Crippen LogP contribution in [0.2, 0.25) is 0 Å². The van der Waals surface area contributed by atoms with E-state index in [1.807, 2.05) is 30.3 Å². The molecule has 3 rings (SSSR count). The topological polar surface area (TPSA) is 105 Å². The summed E-state index contributed by atoms with van der Waals surface area (Å²) >= 11 is 0. The summed E-state index contributed by atoms with van der Waals surface area (Å²) in [6.07, 6.45) is 0.566. The van der Waals surface area contributed by atoms with Crippen LogP contribution in [-0.4, -0.2) is 60.6 Å². The quantitative estimate of drug-likeness (QED) is 0.794. The van der Waals surface area contributed by atoms with E-state index in [0.717, 1.165) is 5.56 Å². The number of amides is 1. The summed E-state index contributed by atoms with van der Waals surface area (Å²) in [5.74, 6) is 0.803. The van der Waals surface area contributed by atoms with E-state index in [9.17, 15) is 13.2 Å². The molecule has 1 amide bonds. The molecule has 0 spiro atoms. The van der Waals surface area contributed by atoms with Crippen molar-refractivity contribution < 1.29 is 17.6 Å². The lowest BCUT2D eigenvalue weighted by Crippen LogP contribution is -2.41. The largest absolute Gasteiger partial charge is 0.419 e. The molecular weight excluding hydrogens is 344 g/mol. The van der Waals surface area contributed by atoms with Crippen molar-refractivity contribution in [1.29, 1.82) is 0 Å². The molecule has 2 heterocycles.